The topological polar surface area (TPSA) is 105 Å². The molecule has 1 atom stereocenters. The van der Waals surface area contributed by atoms with E-state index >= 15 is 0 Å². The van der Waals surface area contributed by atoms with E-state index in [0.717, 1.165) is 24.2 Å². The molecule has 0 aromatic carbocycles. The number of nitrogens with zero attached hydrogens (tertiary/aromatic N) is 4. The zero-order valence-electron chi connectivity index (χ0n) is 10.8. The van der Waals surface area contributed by atoms with Gasteiger partial charge >= 0.3 is 0 Å². The van der Waals surface area contributed by atoms with Gasteiger partial charge in [-0.15, -0.1) is 0 Å². The fraction of sp³-hybridized carbons (Fsp3) is 0.545. The van der Waals surface area contributed by atoms with E-state index in [0.29, 0.717) is 30.9 Å². The predicted octanol–water partition coefficient (Wildman–Crippen LogP) is 0.254. The third-order valence-corrected chi connectivity index (χ3v) is 3.39. The summed E-state index contributed by atoms with van der Waals surface area (Å²) >= 11 is 0. The molecular weight excluding hydrogens is 246 g/mol. The number of hydrazine groups is 1. The fourth-order valence-corrected chi connectivity index (χ4v) is 2.38. The van der Waals surface area contributed by atoms with Crippen LogP contribution in [0.4, 0.5) is 11.8 Å². The first-order valence-corrected chi connectivity index (χ1v) is 6.35. The van der Waals surface area contributed by atoms with Crippen molar-refractivity contribution in [2.24, 2.45) is 5.84 Å². The quantitative estimate of drug-likeness (QED) is 0.538. The number of aromatic nitrogens is 4. The SMILES string of the molecule is CCC1COCCN1c1nc(NN)nc2[nH]ncc12. The van der Waals surface area contributed by atoms with Gasteiger partial charge in [-0.25, -0.2) is 5.84 Å². The number of nitrogens with one attached hydrogen (secondary N) is 2. The van der Waals surface area contributed by atoms with Gasteiger partial charge in [0, 0.05) is 6.54 Å². The first-order chi connectivity index (χ1) is 9.33. The molecule has 4 N–H and O–H groups in total. The molecule has 0 aliphatic carbocycles. The van der Waals surface area contributed by atoms with Gasteiger partial charge in [0.2, 0.25) is 5.95 Å². The number of nitrogens with two attached hydrogens (primary N) is 1. The lowest BCUT2D eigenvalue weighted by Gasteiger charge is -2.36. The van der Waals surface area contributed by atoms with Crippen molar-refractivity contribution >= 4 is 22.8 Å². The largest absolute Gasteiger partial charge is 0.377 e. The highest BCUT2D eigenvalue weighted by atomic mass is 16.5. The number of nitrogen functional groups attached to an aromatic ring is 1. The standard InChI is InChI=1S/C11H17N7O/c1-2-7-6-19-4-3-18(7)10-8-5-13-17-9(8)14-11(15-10)16-12/h5,7H,2-4,6,12H2,1H3,(H2,13,14,15,16,17). The molecule has 1 unspecified atom stereocenters. The first-order valence-electron chi connectivity index (χ1n) is 6.35. The monoisotopic (exact) mass is 263 g/mol. The summed E-state index contributed by atoms with van der Waals surface area (Å²) in [7, 11) is 0. The highest BCUT2D eigenvalue weighted by Gasteiger charge is 2.25. The van der Waals surface area contributed by atoms with Gasteiger partial charge in [0.15, 0.2) is 5.65 Å². The van der Waals surface area contributed by atoms with Crippen molar-refractivity contribution < 1.29 is 4.74 Å². The summed E-state index contributed by atoms with van der Waals surface area (Å²) in [5, 5.41) is 7.78. The van der Waals surface area contributed by atoms with Crippen molar-refractivity contribution in [1.82, 2.24) is 20.2 Å². The van der Waals surface area contributed by atoms with E-state index in [-0.39, 0.29) is 0 Å². The minimum absolute atomic E-state index is 0.312. The maximum Gasteiger partial charge on any atom is 0.241 e. The number of hydrogen-bond donors (Lipinski definition) is 3. The van der Waals surface area contributed by atoms with Crippen molar-refractivity contribution in [2.75, 3.05) is 30.1 Å². The molecule has 8 nitrogen and oxygen atoms in total. The van der Waals surface area contributed by atoms with Crippen LogP contribution in [0.25, 0.3) is 11.0 Å². The Morgan fingerprint density at radius 3 is 3.26 bits per heavy atom. The summed E-state index contributed by atoms with van der Waals surface area (Å²) in [6.45, 7) is 4.36. The number of H-pyrrole nitrogens is 1. The lowest BCUT2D eigenvalue weighted by molar-refractivity contribution is 0.0927. The lowest BCUT2D eigenvalue weighted by atomic mass is 10.1. The molecule has 3 heterocycles. The van der Waals surface area contributed by atoms with Crippen LogP contribution in [0.1, 0.15) is 13.3 Å². The van der Waals surface area contributed by atoms with E-state index in [1.165, 1.54) is 0 Å². The summed E-state index contributed by atoms with van der Waals surface area (Å²) in [6, 6.07) is 0.312. The maximum absolute atomic E-state index is 5.53. The Labute approximate surface area is 110 Å². The van der Waals surface area contributed by atoms with Crippen LogP contribution in [0.15, 0.2) is 6.20 Å². The number of aromatic amines is 1. The van der Waals surface area contributed by atoms with Crippen LogP contribution >= 0.6 is 0 Å². The molecule has 0 spiro atoms. The second-order valence-electron chi connectivity index (χ2n) is 4.48. The van der Waals surface area contributed by atoms with Gasteiger partial charge < -0.3 is 9.64 Å². The Morgan fingerprint density at radius 2 is 2.47 bits per heavy atom. The van der Waals surface area contributed by atoms with Crippen molar-refractivity contribution in [3.8, 4) is 0 Å². The molecule has 8 heteroatoms. The van der Waals surface area contributed by atoms with Crippen molar-refractivity contribution in [1.29, 1.82) is 0 Å². The molecule has 0 radical (unpaired) electrons. The van der Waals surface area contributed by atoms with E-state index in [9.17, 15) is 0 Å². The van der Waals surface area contributed by atoms with Gasteiger partial charge in [-0.05, 0) is 6.42 Å². The fourth-order valence-electron chi connectivity index (χ4n) is 2.38. The molecular formula is C11H17N7O. The Balaban J connectivity index is 2.08. The second-order valence-corrected chi connectivity index (χ2v) is 4.48. The summed E-state index contributed by atoms with van der Waals surface area (Å²) in [4.78, 5) is 11.0. The van der Waals surface area contributed by atoms with E-state index < -0.39 is 0 Å². The van der Waals surface area contributed by atoms with E-state index in [2.05, 4.69) is 37.4 Å². The van der Waals surface area contributed by atoms with E-state index in [1.807, 2.05) is 0 Å². The zero-order chi connectivity index (χ0) is 13.2. The number of ether oxygens (including phenoxy) is 1. The van der Waals surface area contributed by atoms with Crippen LogP contribution in [-0.4, -0.2) is 46.0 Å². The minimum Gasteiger partial charge on any atom is -0.377 e. The highest BCUT2D eigenvalue weighted by molar-refractivity contribution is 5.87. The van der Waals surface area contributed by atoms with E-state index in [4.69, 9.17) is 10.6 Å². The van der Waals surface area contributed by atoms with Gasteiger partial charge in [0.05, 0.1) is 30.8 Å². The van der Waals surface area contributed by atoms with Gasteiger partial charge in [-0.1, -0.05) is 6.92 Å². The average molecular weight is 263 g/mol. The Bertz CT molecular complexity index is 569. The molecule has 1 fully saturated rings. The molecule has 102 valence electrons. The number of morpholine rings is 1. The molecule has 3 rings (SSSR count). The first kappa shape index (κ1) is 12.1. The molecule has 2 aromatic heterocycles. The third-order valence-electron chi connectivity index (χ3n) is 3.39. The smallest absolute Gasteiger partial charge is 0.241 e. The third kappa shape index (κ3) is 2.08. The maximum atomic E-state index is 5.53. The Kier molecular flexibility index (Phi) is 3.18. The van der Waals surface area contributed by atoms with Crippen LogP contribution in [0.2, 0.25) is 0 Å². The molecule has 0 bridgehead atoms. The highest BCUT2D eigenvalue weighted by Crippen LogP contribution is 2.27. The van der Waals surface area contributed by atoms with Crippen LogP contribution in [-0.2, 0) is 4.74 Å². The molecule has 0 amide bonds. The number of rotatable bonds is 3. The molecule has 1 saturated heterocycles. The van der Waals surface area contributed by atoms with Crippen LogP contribution in [0.5, 0.6) is 0 Å². The molecule has 0 saturated carbocycles. The molecule has 19 heavy (non-hydrogen) atoms. The Hall–Kier alpha value is -1.93. The van der Waals surface area contributed by atoms with Gasteiger partial charge in [0.1, 0.15) is 5.82 Å². The van der Waals surface area contributed by atoms with E-state index in [1.54, 1.807) is 6.20 Å². The van der Waals surface area contributed by atoms with Gasteiger partial charge in [-0.2, -0.15) is 15.1 Å². The number of anilines is 2. The van der Waals surface area contributed by atoms with Gasteiger partial charge in [-0.3, -0.25) is 10.5 Å². The second kappa shape index (κ2) is 4.98. The van der Waals surface area contributed by atoms with Crippen molar-refractivity contribution in [3.05, 3.63) is 6.20 Å². The predicted molar refractivity (Wildman–Crippen MR) is 71.7 cm³/mol. The summed E-state index contributed by atoms with van der Waals surface area (Å²) < 4.78 is 5.53. The number of hydrogen-bond acceptors (Lipinski definition) is 7. The van der Waals surface area contributed by atoms with Crippen LogP contribution in [0, 0.1) is 0 Å². The van der Waals surface area contributed by atoms with Crippen molar-refractivity contribution in [3.63, 3.8) is 0 Å². The zero-order valence-corrected chi connectivity index (χ0v) is 10.8. The van der Waals surface area contributed by atoms with Gasteiger partial charge in [0.25, 0.3) is 0 Å². The summed E-state index contributed by atoms with van der Waals surface area (Å²) in [5.41, 5.74) is 3.17. The van der Waals surface area contributed by atoms with Crippen LogP contribution < -0.4 is 16.2 Å². The Morgan fingerprint density at radius 1 is 1.58 bits per heavy atom. The summed E-state index contributed by atoms with van der Waals surface area (Å²) in [5.74, 6) is 6.65. The minimum atomic E-state index is 0.312. The van der Waals surface area contributed by atoms with Crippen molar-refractivity contribution in [2.45, 2.75) is 19.4 Å². The average Bonchev–Trinajstić information content (AvgIpc) is 2.94. The number of fused-ring (bicyclic) bond motifs is 1. The summed E-state index contributed by atoms with van der Waals surface area (Å²) in [6.07, 6.45) is 2.74. The molecule has 2 aromatic rings. The molecule has 1 aliphatic heterocycles. The van der Waals surface area contributed by atoms with Crippen LogP contribution in [0.3, 0.4) is 0 Å². The normalized spacial score (nSPS) is 19.9. The lowest BCUT2D eigenvalue weighted by Crippen LogP contribution is -2.45. The molecule has 1 aliphatic rings.